The third kappa shape index (κ3) is 5.59. The third-order valence-electron chi connectivity index (χ3n) is 6.22. The molecule has 0 amide bonds. The highest BCUT2D eigenvalue weighted by molar-refractivity contribution is 7.48. The number of nitrogens with two attached hydrogens (primary N) is 1. The molecule has 0 spiro atoms. The molecule has 1 aliphatic rings. The molecule has 7 atom stereocenters. The van der Waals surface area contributed by atoms with Gasteiger partial charge in [0, 0.05) is 7.11 Å². The predicted molar refractivity (Wildman–Crippen MR) is 133 cm³/mol. The number of hydrogen-bond acceptors (Lipinski definition) is 14. The van der Waals surface area contributed by atoms with E-state index in [4.69, 9.17) is 29.1 Å². The maximum atomic E-state index is 12.9. The van der Waals surface area contributed by atoms with E-state index >= 15 is 0 Å². The number of ether oxygens (including phenoxy) is 2. The summed E-state index contributed by atoms with van der Waals surface area (Å²) >= 11 is 0. The van der Waals surface area contributed by atoms with Gasteiger partial charge in [-0.1, -0.05) is 18.2 Å². The Kier molecular flexibility index (Phi) is 8.20. The van der Waals surface area contributed by atoms with E-state index in [2.05, 4.69) is 15.0 Å². The summed E-state index contributed by atoms with van der Waals surface area (Å²) in [7, 11) is -2.76. The number of nitrogen functional groups attached to an aromatic ring is 1. The van der Waals surface area contributed by atoms with Crippen LogP contribution in [0.25, 0.3) is 11.2 Å². The van der Waals surface area contributed by atoms with Gasteiger partial charge in [-0.25, -0.2) is 33.9 Å². The molecular formula is C22H29N6O10P. The summed E-state index contributed by atoms with van der Waals surface area (Å²) in [5.74, 6) is -3.25. The van der Waals surface area contributed by atoms with Crippen molar-refractivity contribution in [2.24, 2.45) is 0 Å². The minimum Gasteiger partial charge on any atom is -0.387 e. The van der Waals surface area contributed by atoms with E-state index in [1.807, 2.05) is 0 Å². The molecule has 5 N–H and O–H groups in total. The highest BCUT2D eigenvalue weighted by Crippen LogP contribution is 2.51. The number of aliphatic hydroxyl groups is 2. The average molecular weight is 568 g/mol. The number of phosphoric ester groups is 1. The van der Waals surface area contributed by atoms with E-state index < -0.39 is 50.2 Å². The fourth-order valence-electron chi connectivity index (χ4n) is 4.18. The van der Waals surface area contributed by atoms with Gasteiger partial charge in [-0.2, -0.15) is 0 Å². The monoisotopic (exact) mass is 568 g/mol. The van der Waals surface area contributed by atoms with Crippen molar-refractivity contribution in [3.05, 3.63) is 43.0 Å². The van der Waals surface area contributed by atoms with Crippen LogP contribution >= 0.6 is 7.82 Å². The van der Waals surface area contributed by atoms with Gasteiger partial charge in [0.15, 0.2) is 23.7 Å². The minimum atomic E-state index is -5.19. The van der Waals surface area contributed by atoms with Crippen LogP contribution in [0.4, 0.5) is 11.5 Å². The van der Waals surface area contributed by atoms with Gasteiger partial charge in [-0.3, -0.25) is 14.3 Å². The van der Waals surface area contributed by atoms with E-state index in [9.17, 15) is 24.5 Å². The maximum Gasteiger partial charge on any atom is 0.532 e. The summed E-state index contributed by atoms with van der Waals surface area (Å²) in [5, 5.41) is 22.7. The molecule has 0 saturated carbocycles. The molecule has 0 radical (unpaired) electrons. The topological polar surface area (TPSA) is 214 Å². The molecule has 1 fully saturated rings. The number of phosphoric acid groups is 1. The van der Waals surface area contributed by atoms with E-state index in [1.54, 1.807) is 30.3 Å². The summed E-state index contributed by atoms with van der Waals surface area (Å²) in [6.45, 7) is 2.57. The number of carbonyl (C=O) groups excluding carboxylic acids is 1. The Labute approximate surface area is 222 Å². The second-order valence-electron chi connectivity index (χ2n) is 8.72. The number of rotatable bonds is 10. The van der Waals surface area contributed by atoms with Crippen molar-refractivity contribution >= 4 is 36.5 Å². The Morgan fingerprint density at radius 3 is 2.54 bits per heavy atom. The van der Waals surface area contributed by atoms with Gasteiger partial charge in [0.25, 0.3) is 0 Å². The Morgan fingerprint density at radius 1 is 1.21 bits per heavy atom. The van der Waals surface area contributed by atoms with Crippen molar-refractivity contribution in [3.63, 3.8) is 0 Å². The number of fused-ring (bicyclic) bond motifs is 1. The Hall–Kier alpha value is -3.21. The number of nitrogens with zero attached hydrogens (tertiary/aromatic N) is 5. The normalized spacial score (nSPS) is 25.1. The number of methoxy groups -OCH3 is 1. The highest BCUT2D eigenvalue weighted by Gasteiger charge is 2.56. The lowest BCUT2D eigenvalue weighted by atomic mass is 10.0. The summed E-state index contributed by atoms with van der Waals surface area (Å²) in [6, 6.07) is 7.35. The van der Waals surface area contributed by atoms with Crippen molar-refractivity contribution in [2.75, 3.05) is 25.0 Å². The molecule has 17 heteroatoms. The van der Waals surface area contributed by atoms with Crippen LogP contribution in [0.1, 0.15) is 20.1 Å². The fraction of sp³-hybridized carbons (Fsp3) is 0.455. The Balaban J connectivity index is 1.51. The standard InChI is InChI=1S/C22H29N6O10P/c1-12(28(35-4)13-8-6-5-7-9-13)21(31)37-39(32,33)38-22(2,34-3)17-15(29)16(30)20(36-17)27-11-26-14-18(23)24-10-25-19(14)27/h5-12,15-17,20,29-30H,1-4H3,(H,32,33)(H2,23,24,25)/t12-,15-,16+,17-,20+,22?/m0/s1. The summed E-state index contributed by atoms with van der Waals surface area (Å²) in [4.78, 5) is 40.5. The molecule has 0 aliphatic carbocycles. The quantitative estimate of drug-likeness (QED) is 0.149. The number of carbonyl (C=O) groups is 1. The molecule has 0 bridgehead atoms. The first-order valence-electron chi connectivity index (χ1n) is 11.6. The first-order valence-corrected chi connectivity index (χ1v) is 13.1. The van der Waals surface area contributed by atoms with Crippen molar-refractivity contribution in [3.8, 4) is 0 Å². The molecular weight excluding hydrogens is 539 g/mol. The van der Waals surface area contributed by atoms with Crippen molar-refractivity contribution < 1.29 is 47.8 Å². The number of hydrogen-bond donors (Lipinski definition) is 4. The minimum absolute atomic E-state index is 0.0879. The first-order chi connectivity index (χ1) is 18.4. The van der Waals surface area contributed by atoms with Gasteiger partial charge in [0.2, 0.25) is 5.79 Å². The van der Waals surface area contributed by atoms with Gasteiger partial charge in [-0.05, 0) is 26.0 Å². The summed E-state index contributed by atoms with van der Waals surface area (Å²) < 4.78 is 35.3. The second-order valence-corrected chi connectivity index (χ2v) is 10.0. The molecule has 16 nitrogen and oxygen atoms in total. The van der Waals surface area contributed by atoms with Crippen molar-refractivity contribution in [1.29, 1.82) is 0 Å². The number of anilines is 2. The van der Waals surface area contributed by atoms with Crippen LogP contribution in [0.3, 0.4) is 0 Å². The number of hydroxylamine groups is 1. The van der Waals surface area contributed by atoms with Crippen molar-refractivity contribution in [1.82, 2.24) is 19.5 Å². The number of aromatic nitrogens is 4. The number of aliphatic hydroxyl groups excluding tert-OH is 2. The molecule has 2 aromatic heterocycles. The van der Waals surface area contributed by atoms with Crippen LogP contribution < -0.4 is 10.8 Å². The summed E-state index contributed by atoms with van der Waals surface area (Å²) in [5.41, 5.74) is 6.74. The van der Waals surface area contributed by atoms with Gasteiger partial charge in [0.05, 0.1) is 19.1 Å². The second kappa shape index (κ2) is 11.1. The van der Waals surface area contributed by atoms with E-state index in [-0.39, 0.29) is 17.0 Å². The molecule has 39 heavy (non-hydrogen) atoms. The molecule has 1 aliphatic heterocycles. The van der Waals surface area contributed by atoms with Crippen LogP contribution in [0.2, 0.25) is 0 Å². The summed E-state index contributed by atoms with van der Waals surface area (Å²) in [6.07, 6.45) is -3.62. The lowest BCUT2D eigenvalue weighted by molar-refractivity contribution is -0.246. The average Bonchev–Trinajstić information content (AvgIpc) is 3.46. The van der Waals surface area contributed by atoms with Gasteiger partial charge in [0.1, 0.15) is 30.2 Å². The van der Waals surface area contributed by atoms with E-state index in [1.165, 1.54) is 43.2 Å². The first kappa shape index (κ1) is 28.8. The molecule has 1 saturated heterocycles. The smallest absolute Gasteiger partial charge is 0.387 e. The number of imidazole rings is 1. The Bertz CT molecular complexity index is 1360. The lowest BCUT2D eigenvalue weighted by Crippen LogP contribution is -2.50. The van der Waals surface area contributed by atoms with Crippen molar-refractivity contribution in [2.45, 2.75) is 50.2 Å². The number of benzene rings is 1. The molecule has 3 heterocycles. The zero-order chi connectivity index (χ0) is 28.5. The zero-order valence-corrected chi connectivity index (χ0v) is 22.3. The lowest BCUT2D eigenvalue weighted by Gasteiger charge is -2.35. The number of para-hydroxylation sites is 1. The highest BCUT2D eigenvalue weighted by atomic mass is 31.2. The molecule has 212 valence electrons. The molecule has 3 aromatic rings. The zero-order valence-electron chi connectivity index (χ0n) is 21.4. The fourth-order valence-corrected chi connectivity index (χ4v) is 5.23. The predicted octanol–water partition coefficient (Wildman–Crippen LogP) is 0.507. The van der Waals surface area contributed by atoms with Crippen LogP contribution in [-0.2, 0) is 32.7 Å². The molecule has 2 unspecified atom stereocenters. The van der Waals surface area contributed by atoms with Crippen LogP contribution in [0.5, 0.6) is 0 Å². The SMILES string of the molecule is CON(c1ccccc1)[C@@H](C)C(=O)OP(=O)(O)OC(C)(OC)[C@H]1O[C@@H](n2cnc3c(N)ncnc32)[C@H](O)[C@@H]1O. The largest absolute Gasteiger partial charge is 0.532 e. The maximum absolute atomic E-state index is 12.9. The van der Waals surface area contributed by atoms with Gasteiger partial charge in [-0.15, -0.1) is 0 Å². The van der Waals surface area contributed by atoms with Crippen LogP contribution in [0.15, 0.2) is 43.0 Å². The van der Waals surface area contributed by atoms with E-state index in [0.717, 1.165) is 7.11 Å². The third-order valence-corrected chi connectivity index (χ3v) is 7.23. The van der Waals surface area contributed by atoms with Gasteiger partial charge < -0.3 is 29.9 Å². The van der Waals surface area contributed by atoms with Crippen LogP contribution in [-0.4, -0.2) is 85.0 Å². The van der Waals surface area contributed by atoms with E-state index in [0.29, 0.717) is 5.69 Å². The van der Waals surface area contributed by atoms with Crippen LogP contribution in [0, 0.1) is 0 Å². The van der Waals surface area contributed by atoms with Gasteiger partial charge >= 0.3 is 13.8 Å². The Morgan fingerprint density at radius 2 is 1.90 bits per heavy atom. The molecule has 1 aromatic carbocycles. The molecule has 4 rings (SSSR count).